The lowest BCUT2D eigenvalue weighted by Crippen LogP contribution is -2.03. The molecule has 0 N–H and O–H groups in total. The van der Waals surface area contributed by atoms with E-state index in [4.69, 9.17) is 0 Å². The average Bonchev–Trinajstić information content (AvgIpc) is 3.96. The number of rotatable bonds is 7. The number of hydrogen-bond acceptors (Lipinski definition) is 0. The fourth-order valence-corrected chi connectivity index (χ4v) is 14.0. The van der Waals surface area contributed by atoms with Crippen LogP contribution in [0.5, 0.6) is 0 Å². The van der Waals surface area contributed by atoms with Crippen LogP contribution in [0.25, 0.3) is 154 Å². The van der Waals surface area contributed by atoms with Crippen LogP contribution in [0.2, 0.25) is 0 Å². The molecular weight excluding hydrogens is 963 g/mol. The molecule has 0 aliphatic heterocycles. The second-order valence-corrected chi connectivity index (χ2v) is 21.8. The van der Waals surface area contributed by atoms with Crippen molar-refractivity contribution in [2.24, 2.45) is 0 Å². The highest BCUT2D eigenvalue weighted by molar-refractivity contribution is 6.30. The van der Waals surface area contributed by atoms with Gasteiger partial charge in [-0.15, -0.1) is 0 Å². The SMILES string of the molecule is CC1CC=Cc2c1c1ccccc1n2-c1ccc(-c2c3ccccc3c(-c3c4ccccc4c(-c4ccc(-c5c6ccccc6c(-c6ccccc6)c6cc(-c7ccccc7)ccc56)cc4)c4ccccc34)c3ccccc23)cc1. The molecule has 14 aromatic carbocycles. The fourth-order valence-electron chi connectivity index (χ4n) is 14.0. The monoisotopic (exact) mass is 1020 g/mol. The Hall–Kier alpha value is -10.1. The van der Waals surface area contributed by atoms with Gasteiger partial charge in [0.1, 0.15) is 0 Å². The highest BCUT2D eigenvalue weighted by Gasteiger charge is 2.26. The molecule has 0 saturated heterocycles. The lowest BCUT2D eigenvalue weighted by molar-refractivity contribution is 0.773. The molecule has 1 heterocycles. The van der Waals surface area contributed by atoms with E-state index in [2.05, 4.69) is 297 Å². The first-order valence-electron chi connectivity index (χ1n) is 28.1. The number of aromatic nitrogens is 1. The highest BCUT2D eigenvalue weighted by atomic mass is 15.0. The van der Waals surface area contributed by atoms with E-state index in [-0.39, 0.29) is 0 Å². The Morgan fingerprint density at radius 1 is 0.275 bits per heavy atom. The number of allylic oxidation sites excluding steroid dienone is 1. The minimum atomic E-state index is 0.474. The third kappa shape index (κ3) is 7.10. The number of para-hydroxylation sites is 1. The van der Waals surface area contributed by atoms with Crippen molar-refractivity contribution in [1.29, 1.82) is 0 Å². The summed E-state index contributed by atoms with van der Waals surface area (Å²) >= 11 is 0. The third-order valence-corrected chi connectivity index (χ3v) is 17.4. The molecule has 1 unspecified atom stereocenters. The molecular formula is C79H53N. The molecule has 0 amide bonds. The minimum absolute atomic E-state index is 0.474. The van der Waals surface area contributed by atoms with Crippen molar-refractivity contribution in [2.75, 3.05) is 0 Å². The van der Waals surface area contributed by atoms with Gasteiger partial charge < -0.3 is 4.57 Å². The van der Waals surface area contributed by atoms with Crippen molar-refractivity contribution < 1.29 is 0 Å². The maximum Gasteiger partial charge on any atom is 0.0537 e. The molecule has 15 aromatic rings. The molecule has 1 aromatic heterocycles. The van der Waals surface area contributed by atoms with E-state index in [9.17, 15) is 0 Å². The topological polar surface area (TPSA) is 4.93 Å². The molecule has 1 heteroatoms. The second-order valence-electron chi connectivity index (χ2n) is 21.8. The van der Waals surface area contributed by atoms with Crippen LogP contribution in [0.1, 0.15) is 30.5 Å². The largest absolute Gasteiger partial charge is 0.310 e. The molecule has 0 bridgehead atoms. The third-order valence-electron chi connectivity index (χ3n) is 17.4. The lowest BCUT2D eigenvalue weighted by Gasteiger charge is -2.22. The van der Waals surface area contributed by atoms with E-state index < -0.39 is 0 Å². The maximum atomic E-state index is 2.46. The van der Waals surface area contributed by atoms with Crippen molar-refractivity contribution >= 4 is 81.6 Å². The van der Waals surface area contributed by atoms with Crippen molar-refractivity contribution in [1.82, 2.24) is 4.57 Å². The predicted molar refractivity (Wildman–Crippen MR) is 343 cm³/mol. The Balaban J connectivity index is 0.867. The molecule has 0 radical (unpaired) electrons. The molecule has 80 heavy (non-hydrogen) atoms. The van der Waals surface area contributed by atoms with Crippen molar-refractivity contribution in [2.45, 2.75) is 19.3 Å². The maximum absolute atomic E-state index is 2.46. The molecule has 0 fully saturated rings. The van der Waals surface area contributed by atoms with E-state index in [0.717, 1.165) is 6.42 Å². The minimum Gasteiger partial charge on any atom is -0.310 e. The normalized spacial score (nSPS) is 13.3. The van der Waals surface area contributed by atoms with Crippen LogP contribution in [0, 0.1) is 0 Å². The molecule has 0 spiro atoms. The van der Waals surface area contributed by atoms with Gasteiger partial charge in [0.25, 0.3) is 0 Å². The zero-order chi connectivity index (χ0) is 52.8. The predicted octanol–water partition coefficient (Wildman–Crippen LogP) is 22.1. The second kappa shape index (κ2) is 18.5. The Kier molecular flexibility index (Phi) is 10.7. The summed E-state index contributed by atoms with van der Waals surface area (Å²) in [5.74, 6) is 0.474. The van der Waals surface area contributed by atoms with E-state index >= 15 is 0 Å². The van der Waals surface area contributed by atoms with E-state index in [1.807, 2.05) is 0 Å². The summed E-state index contributed by atoms with van der Waals surface area (Å²) in [6.07, 6.45) is 5.74. The van der Waals surface area contributed by atoms with Crippen LogP contribution in [0.15, 0.2) is 279 Å². The molecule has 1 aliphatic rings. The fraction of sp³-hybridized carbons (Fsp3) is 0.0380. The number of benzene rings is 14. The smallest absolute Gasteiger partial charge is 0.0537 e. The van der Waals surface area contributed by atoms with Gasteiger partial charge in [-0.1, -0.05) is 262 Å². The van der Waals surface area contributed by atoms with Crippen molar-refractivity contribution in [3.05, 3.63) is 290 Å². The molecule has 0 saturated carbocycles. The summed E-state index contributed by atoms with van der Waals surface area (Å²) in [4.78, 5) is 0. The lowest BCUT2D eigenvalue weighted by atomic mass is 9.81. The first-order chi connectivity index (χ1) is 39.7. The van der Waals surface area contributed by atoms with Crippen LogP contribution in [0.3, 0.4) is 0 Å². The van der Waals surface area contributed by atoms with Gasteiger partial charge in [0.2, 0.25) is 0 Å². The Bertz CT molecular complexity index is 4890. The summed E-state index contributed by atoms with van der Waals surface area (Å²) in [6.45, 7) is 2.36. The standard InChI is InChI=1S/C79H53N/c1-50-21-20-38-72-73(50)69-36-18-19-37-71(69)80(72)57-46-43-55(44-47-57)75-62-30-12-16-34-66(62)79(67-35-17-13-31-63(67)75)78-64-32-14-10-28-60(64)74(61-29-11-15-33-65(61)78)53-39-41-54(42-40-53)76-58-26-8-9-27-59(58)77(52-24-6-3-7-25-52)70-49-56(45-48-68(70)76)51-22-4-2-5-23-51/h2-20,22-50H,21H2,1H3. The molecule has 1 aliphatic carbocycles. The summed E-state index contributed by atoms with van der Waals surface area (Å²) in [6, 6.07) is 102. The van der Waals surface area contributed by atoms with Gasteiger partial charge in [-0.25, -0.2) is 0 Å². The van der Waals surface area contributed by atoms with Gasteiger partial charge in [-0.05, 0) is 180 Å². The summed E-state index contributed by atoms with van der Waals surface area (Å²) in [5, 5.41) is 16.3. The molecule has 1 nitrogen and oxygen atoms in total. The van der Waals surface area contributed by atoms with Gasteiger partial charge in [0.05, 0.1) is 5.52 Å². The quantitative estimate of drug-likeness (QED) is 0.140. The number of nitrogens with zero attached hydrogens (tertiary/aromatic N) is 1. The molecule has 374 valence electrons. The van der Waals surface area contributed by atoms with Gasteiger partial charge >= 0.3 is 0 Å². The first-order valence-corrected chi connectivity index (χ1v) is 28.1. The van der Waals surface area contributed by atoms with Crippen LogP contribution < -0.4 is 0 Å². The van der Waals surface area contributed by atoms with Gasteiger partial charge in [-0.2, -0.15) is 0 Å². The number of fused-ring (bicyclic) bond motifs is 9. The summed E-state index contributed by atoms with van der Waals surface area (Å²) in [7, 11) is 0. The summed E-state index contributed by atoms with van der Waals surface area (Å²) in [5.41, 5.74) is 20.0. The molecule has 16 rings (SSSR count). The van der Waals surface area contributed by atoms with Crippen LogP contribution in [-0.2, 0) is 0 Å². The van der Waals surface area contributed by atoms with E-state index in [1.54, 1.807) is 0 Å². The zero-order valence-electron chi connectivity index (χ0n) is 44.4. The Labute approximate surface area is 465 Å². The van der Waals surface area contributed by atoms with E-state index in [1.165, 1.54) is 159 Å². The number of hydrogen-bond donors (Lipinski definition) is 0. The van der Waals surface area contributed by atoms with E-state index in [0.29, 0.717) is 5.92 Å². The summed E-state index contributed by atoms with van der Waals surface area (Å²) < 4.78 is 2.46. The van der Waals surface area contributed by atoms with Crippen LogP contribution >= 0.6 is 0 Å². The Morgan fingerprint density at radius 3 is 1.05 bits per heavy atom. The molecule has 1 atom stereocenters. The van der Waals surface area contributed by atoms with Gasteiger partial charge in [0.15, 0.2) is 0 Å². The van der Waals surface area contributed by atoms with Gasteiger partial charge in [-0.3, -0.25) is 0 Å². The highest BCUT2D eigenvalue weighted by Crippen LogP contribution is 2.52. The average molecular weight is 1020 g/mol. The van der Waals surface area contributed by atoms with Gasteiger partial charge in [0, 0.05) is 16.8 Å². The van der Waals surface area contributed by atoms with Crippen molar-refractivity contribution in [3.8, 4) is 72.4 Å². The van der Waals surface area contributed by atoms with Crippen LogP contribution in [0.4, 0.5) is 0 Å². The zero-order valence-corrected chi connectivity index (χ0v) is 44.4. The first kappa shape index (κ1) is 46.1. The Morgan fingerprint density at radius 2 is 0.600 bits per heavy atom. The van der Waals surface area contributed by atoms with Crippen LogP contribution in [-0.4, -0.2) is 4.57 Å². The van der Waals surface area contributed by atoms with Crippen molar-refractivity contribution in [3.63, 3.8) is 0 Å².